The van der Waals surface area contributed by atoms with Gasteiger partial charge in [0.2, 0.25) is 0 Å². The van der Waals surface area contributed by atoms with Crippen LogP contribution in [-0.4, -0.2) is 38.4 Å². The Kier molecular flexibility index (Phi) is 5.99. The second-order valence-electron chi connectivity index (χ2n) is 7.04. The lowest BCUT2D eigenvalue weighted by molar-refractivity contribution is 0.405. The largest absolute Gasteiger partial charge is 0.496 e. The first-order chi connectivity index (χ1) is 13.4. The highest BCUT2D eigenvalue weighted by Crippen LogP contribution is 2.18. The van der Waals surface area contributed by atoms with Gasteiger partial charge in [-0.15, -0.1) is 0 Å². The summed E-state index contributed by atoms with van der Waals surface area (Å²) in [6.07, 6.45) is 3.35. The predicted octanol–water partition coefficient (Wildman–Crippen LogP) is 1.05. The lowest BCUT2D eigenvalue weighted by Gasteiger charge is -2.16. The highest BCUT2D eigenvalue weighted by molar-refractivity contribution is 5.69. The van der Waals surface area contributed by atoms with Crippen LogP contribution in [0.25, 0.3) is 11.2 Å². The monoisotopic (exact) mass is 385 g/mol. The maximum absolute atomic E-state index is 12.4. The number of benzene rings is 1. The summed E-state index contributed by atoms with van der Waals surface area (Å²) in [7, 11) is 4.80. The van der Waals surface area contributed by atoms with E-state index in [-0.39, 0.29) is 11.2 Å². The number of nitrogens with zero attached hydrogens (tertiary/aromatic N) is 4. The number of rotatable bonds is 8. The molecular formula is C20H27N5O3. The third-order valence-corrected chi connectivity index (χ3v) is 5.00. The van der Waals surface area contributed by atoms with Gasteiger partial charge in [0, 0.05) is 26.7 Å². The molecule has 1 unspecified atom stereocenters. The van der Waals surface area contributed by atoms with Gasteiger partial charge in [-0.05, 0) is 37.9 Å². The summed E-state index contributed by atoms with van der Waals surface area (Å²) < 4.78 is 9.75. The summed E-state index contributed by atoms with van der Waals surface area (Å²) in [6.45, 7) is 3.60. The number of hydrogen-bond acceptors (Lipinski definition) is 5. The van der Waals surface area contributed by atoms with Crippen LogP contribution in [0.3, 0.4) is 0 Å². The van der Waals surface area contributed by atoms with Gasteiger partial charge in [0.05, 0.1) is 13.4 Å². The molecule has 0 radical (unpaired) electrons. The first-order valence-corrected chi connectivity index (χ1v) is 9.40. The van der Waals surface area contributed by atoms with E-state index in [9.17, 15) is 9.59 Å². The Morgan fingerprint density at radius 3 is 2.68 bits per heavy atom. The molecule has 1 aromatic carbocycles. The zero-order chi connectivity index (χ0) is 20.3. The van der Waals surface area contributed by atoms with Crippen molar-refractivity contribution in [3.05, 3.63) is 57.0 Å². The minimum atomic E-state index is -0.366. The minimum Gasteiger partial charge on any atom is -0.496 e. The second-order valence-corrected chi connectivity index (χ2v) is 7.04. The number of imidazole rings is 1. The highest BCUT2D eigenvalue weighted by atomic mass is 16.5. The van der Waals surface area contributed by atoms with Crippen molar-refractivity contribution in [2.75, 3.05) is 13.7 Å². The summed E-state index contributed by atoms with van der Waals surface area (Å²) in [5.74, 6) is 0.905. The van der Waals surface area contributed by atoms with Gasteiger partial charge in [0.1, 0.15) is 5.75 Å². The van der Waals surface area contributed by atoms with Crippen molar-refractivity contribution in [1.29, 1.82) is 0 Å². The van der Waals surface area contributed by atoms with Gasteiger partial charge in [0.15, 0.2) is 11.2 Å². The summed E-state index contributed by atoms with van der Waals surface area (Å²) in [4.78, 5) is 28.7. The van der Waals surface area contributed by atoms with E-state index < -0.39 is 0 Å². The molecule has 0 aliphatic rings. The molecular weight excluding hydrogens is 358 g/mol. The van der Waals surface area contributed by atoms with Crippen molar-refractivity contribution in [3.63, 3.8) is 0 Å². The Labute approximate surface area is 163 Å². The van der Waals surface area contributed by atoms with Crippen LogP contribution in [0, 0.1) is 0 Å². The number of aromatic nitrogens is 4. The van der Waals surface area contributed by atoms with Crippen LogP contribution in [0.15, 0.2) is 40.2 Å². The van der Waals surface area contributed by atoms with Gasteiger partial charge in [-0.1, -0.05) is 18.2 Å². The zero-order valence-electron chi connectivity index (χ0n) is 16.8. The van der Waals surface area contributed by atoms with Crippen molar-refractivity contribution in [3.8, 4) is 5.75 Å². The van der Waals surface area contributed by atoms with E-state index in [2.05, 4.69) is 23.3 Å². The summed E-state index contributed by atoms with van der Waals surface area (Å²) in [5.41, 5.74) is 1.38. The average Bonchev–Trinajstić information content (AvgIpc) is 3.12. The molecule has 3 aromatic rings. The maximum atomic E-state index is 12.4. The van der Waals surface area contributed by atoms with Gasteiger partial charge in [-0.2, -0.15) is 0 Å². The lowest BCUT2D eigenvalue weighted by Crippen LogP contribution is -2.37. The van der Waals surface area contributed by atoms with E-state index in [1.165, 1.54) is 17.2 Å². The van der Waals surface area contributed by atoms with E-state index in [4.69, 9.17) is 4.74 Å². The first kappa shape index (κ1) is 19.9. The van der Waals surface area contributed by atoms with E-state index in [1.54, 1.807) is 20.5 Å². The van der Waals surface area contributed by atoms with Crippen LogP contribution in [0.5, 0.6) is 5.75 Å². The molecule has 0 saturated carbocycles. The third-order valence-electron chi connectivity index (χ3n) is 5.00. The Bertz CT molecular complexity index is 1080. The van der Waals surface area contributed by atoms with Crippen LogP contribution >= 0.6 is 0 Å². The summed E-state index contributed by atoms with van der Waals surface area (Å²) >= 11 is 0. The van der Waals surface area contributed by atoms with Crippen molar-refractivity contribution in [1.82, 2.24) is 24.0 Å². The number of methoxy groups -OCH3 is 1. The standard InChI is InChI=1S/C20H27N5O3/c1-14(12-15-8-5-6-9-16(15)28-4)21-10-7-11-25-13-22-18-17(25)19(26)24(3)20(27)23(18)2/h5-6,8-9,13-14,21H,7,10-12H2,1-4H3. The molecule has 0 saturated heterocycles. The quantitative estimate of drug-likeness (QED) is 0.586. The van der Waals surface area contributed by atoms with E-state index in [0.717, 1.165) is 29.7 Å². The van der Waals surface area contributed by atoms with Crippen molar-refractivity contribution in [2.45, 2.75) is 32.4 Å². The fourth-order valence-corrected chi connectivity index (χ4v) is 3.44. The summed E-state index contributed by atoms with van der Waals surface area (Å²) in [5, 5.41) is 3.51. The SMILES string of the molecule is COc1ccccc1CC(C)NCCCn1cnc2c1c(=O)n(C)c(=O)n2C. The van der Waals surface area contributed by atoms with Gasteiger partial charge in [0.25, 0.3) is 5.56 Å². The number of nitrogens with one attached hydrogen (secondary N) is 1. The smallest absolute Gasteiger partial charge is 0.332 e. The molecule has 0 bridgehead atoms. The second kappa shape index (κ2) is 8.43. The normalized spacial score (nSPS) is 12.4. The molecule has 1 atom stereocenters. The highest BCUT2D eigenvalue weighted by Gasteiger charge is 2.14. The Hall–Kier alpha value is -2.87. The molecule has 0 spiro atoms. The molecule has 3 rings (SSSR count). The van der Waals surface area contributed by atoms with Crippen LogP contribution < -0.4 is 21.3 Å². The van der Waals surface area contributed by atoms with Crippen molar-refractivity contribution < 1.29 is 4.74 Å². The first-order valence-electron chi connectivity index (χ1n) is 9.40. The van der Waals surface area contributed by atoms with Gasteiger partial charge >= 0.3 is 5.69 Å². The Morgan fingerprint density at radius 1 is 1.18 bits per heavy atom. The lowest BCUT2D eigenvalue weighted by atomic mass is 10.1. The molecule has 0 aliphatic carbocycles. The molecule has 1 N–H and O–H groups in total. The number of fused-ring (bicyclic) bond motifs is 1. The van der Waals surface area contributed by atoms with Crippen molar-refractivity contribution >= 4 is 11.2 Å². The maximum Gasteiger partial charge on any atom is 0.332 e. The van der Waals surface area contributed by atoms with Gasteiger partial charge in [-0.25, -0.2) is 9.78 Å². The Morgan fingerprint density at radius 2 is 1.93 bits per heavy atom. The van der Waals surface area contributed by atoms with E-state index in [0.29, 0.717) is 23.8 Å². The van der Waals surface area contributed by atoms with Crippen LogP contribution in [0.2, 0.25) is 0 Å². The molecule has 0 amide bonds. The Balaban J connectivity index is 1.60. The fraction of sp³-hybridized carbons (Fsp3) is 0.450. The van der Waals surface area contributed by atoms with Gasteiger partial charge < -0.3 is 14.6 Å². The minimum absolute atomic E-state index is 0.296. The zero-order valence-corrected chi connectivity index (χ0v) is 16.8. The molecule has 8 heteroatoms. The van der Waals surface area contributed by atoms with E-state index in [1.807, 2.05) is 22.8 Å². The van der Waals surface area contributed by atoms with Crippen LogP contribution in [0.4, 0.5) is 0 Å². The number of aryl methyl sites for hydroxylation is 2. The molecule has 0 fully saturated rings. The average molecular weight is 385 g/mol. The molecule has 8 nitrogen and oxygen atoms in total. The van der Waals surface area contributed by atoms with Crippen molar-refractivity contribution in [2.24, 2.45) is 14.1 Å². The molecule has 150 valence electrons. The van der Waals surface area contributed by atoms with Crippen LogP contribution in [0.1, 0.15) is 18.9 Å². The summed E-state index contributed by atoms with van der Waals surface area (Å²) in [6, 6.07) is 8.33. The number of para-hydroxylation sites is 1. The van der Waals surface area contributed by atoms with Gasteiger partial charge in [-0.3, -0.25) is 13.9 Å². The van der Waals surface area contributed by atoms with E-state index >= 15 is 0 Å². The molecule has 2 heterocycles. The predicted molar refractivity (Wildman–Crippen MR) is 109 cm³/mol. The molecule has 2 aromatic heterocycles. The number of hydrogen-bond donors (Lipinski definition) is 1. The fourth-order valence-electron chi connectivity index (χ4n) is 3.44. The third kappa shape index (κ3) is 3.87. The molecule has 0 aliphatic heterocycles. The van der Waals surface area contributed by atoms with Crippen LogP contribution in [-0.2, 0) is 27.1 Å². The molecule has 28 heavy (non-hydrogen) atoms. The topological polar surface area (TPSA) is 83.1 Å². The number of ether oxygens (including phenoxy) is 1.